The van der Waals surface area contributed by atoms with Crippen molar-refractivity contribution in [3.05, 3.63) is 53.1 Å². The van der Waals surface area contributed by atoms with E-state index in [0.29, 0.717) is 12.1 Å². The summed E-state index contributed by atoms with van der Waals surface area (Å²) in [6.45, 7) is 11.8. The summed E-state index contributed by atoms with van der Waals surface area (Å²) in [7, 11) is 1.62. The van der Waals surface area contributed by atoms with Crippen LogP contribution in [0.1, 0.15) is 35.3 Å². The molecule has 162 valence electrons. The van der Waals surface area contributed by atoms with Gasteiger partial charge in [0, 0.05) is 18.7 Å². The number of ether oxygens (including phenoxy) is 1. The molecule has 0 aliphatic rings. The standard InChI is InChI=1S/C23H29N3O2S.ClH/c1-6-25(7-2)14-15-26(22(27)18-9-11-19(28-5)12-10-18)23-24-21-17(4)16(3)8-13-20(21)29-23;/h8-13H,6-7,14-15H2,1-5H3;1H. The summed E-state index contributed by atoms with van der Waals surface area (Å²) in [6.07, 6.45) is 0. The van der Waals surface area contributed by atoms with Crippen molar-refractivity contribution < 1.29 is 9.53 Å². The van der Waals surface area contributed by atoms with Crippen molar-refractivity contribution in [1.82, 2.24) is 9.88 Å². The minimum atomic E-state index is -0.0340. The fraction of sp³-hybridized carbons (Fsp3) is 0.391. The summed E-state index contributed by atoms with van der Waals surface area (Å²) in [5.41, 5.74) is 4.01. The van der Waals surface area contributed by atoms with Gasteiger partial charge in [0.2, 0.25) is 0 Å². The minimum absolute atomic E-state index is 0. The number of methoxy groups -OCH3 is 1. The summed E-state index contributed by atoms with van der Waals surface area (Å²) in [5.74, 6) is 0.704. The van der Waals surface area contributed by atoms with E-state index in [2.05, 4.69) is 44.7 Å². The first-order valence-electron chi connectivity index (χ1n) is 10.0. The number of benzene rings is 2. The van der Waals surface area contributed by atoms with Crippen LogP contribution in [0.15, 0.2) is 36.4 Å². The number of rotatable bonds is 8. The SMILES string of the molecule is CCN(CC)CCN(C(=O)c1ccc(OC)cc1)c1nc2c(C)c(C)ccc2s1.Cl. The molecule has 5 nitrogen and oxygen atoms in total. The van der Waals surface area contributed by atoms with Gasteiger partial charge in [0.05, 0.1) is 17.3 Å². The zero-order valence-electron chi connectivity index (χ0n) is 18.3. The summed E-state index contributed by atoms with van der Waals surface area (Å²) < 4.78 is 6.33. The van der Waals surface area contributed by atoms with Gasteiger partial charge in [-0.05, 0) is 68.4 Å². The van der Waals surface area contributed by atoms with Crippen molar-refractivity contribution in [2.24, 2.45) is 0 Å². The van der Waals surface area contributed by atoms with Crippen LogP contribution in [-0.4, -0.2) is 49.1 Å². The highest BCUT2D eigenvalue weighted by atomic mass is 35.5. The molecular formula is C23H30ClN3O2S. The number of amides is 1. The molecule has 0 aliphatic heterocycles. The van der Waals surface area contributed by atoms with Crippen LogP contribution in [0, 0.1) is 13.8 Å². The smallest absolute Gasteiger partial charge is 0.260 e. The van der Waals surface area contributed by atoms with Gasteiger partial charge in [-0.15, -0.1) is 12.4 Å². The van der Waals surface area contributed by atoms with E-state index in [1.54, 1.807) is 18.4 Å². The third kappa shape index (κ3) is 5.12. The van der Waals surface area contributed by atoms with E-state index in [0.717, 1.165) is 40.7 Å². The largest absolute Gasteiger partial charge is 0.497 e. The minimum Gasteiger partial charge on any atom is -0.497 e. The van der Waals surface area contributed by atoms with Gasteiger partial charge in [0.15, 0.2) is 5.13 Å². The molecule has 0 saturated heterocycles. The number of nitrogens with zero attached hydrogens (tertiary/aromatic N) is 3. The molecule has 1 heterocycles. The van der Waals surface area contributed by atoms with E-state index in [-0.39, 0.29) is 18.3 Å². The Bertz CT molecular complexity index is 984. The molecule has 1 amide bonds. The Hall–Kier alpha value is -2.15. The molecule has 2 aromatic carbocycles. The van der Waals surface area contributed by atoms with Gasteiger partial charge in [-0.2, -0.15) is 0 Å². The Morgan fingerprint density at radius 2 is 1.70 bits per heavy atom. The summed E-state index contributed by atoms with van der Waals surface area (Å²) in [6, 6.07) is 11.5. The number of halogens is 1. The van der Waals surface area contributed by atoms with Crippen molar-refractivity contribution in [1.29, 1.82) is 0 Å². The number of fused-ring (bicyclic) bond motifs is 1. The maximum absolute atomic E-state index is 13.4. The monoisotopic (exact) mass is 447 g/mol. The van der Waals surface area contributed by atoms with Gasteiger partial charge in [0.25, 0.3) is 5.91 Å². The van der Waals surface area contributed by atoms with E-state index in [4.69, 9.17) is 9.72 Å². The average Bonchev–Trinajstić information content (AvgIpc) is 3.18. The number of carbonyl (C=O) groups excluding carboxylic acids is 1. The van der Waals surface area contributed by atoms with Crippen LogP contribution in [0.25, 0.3) is 10.2 Å². The molecule has 0 fully saturated rings. The first-order chi connectivity index (χ1) is 14.0. The highest BCUT2D eigenvalue weighted by Crippen LogP contribution is 2.32. The molecule has 0 spiro atoms. The Morgan fingerprint density at radius 1 is 1.03 bits per heavy atom. The Kier molecular flexibility index (Phi) is 8.65. The zero-order valence-corrected chi connectivity index (χ0v) is 19.9. The van der Waals surface area contributed by atoms with Gasteiger partial charge >= 0.3 is 0 Å². The van der Waals surface area contributed by atoms with Crippen LogP contribution >= 0.6 is 23.7 Å². The second kappa shape index (κ2) is 10.8. The number of hydrogen-bond donors (Lipinski definition) is 0. The normalized spacial score (nSPS) is 10.9. The van der Waals surface area contributed by atoms with Gasteiger partial charge < -0.3 is 9.64 Å². The lowest BCUT2D eigenvalue weighted by molar-refractivity contribution is 0.0983. The topological polar surface area (TPSA) is 45.7 Å². The number of carbonyl (C=O) groups is 1. The summed E-state index contributed by atoms with van der Waals surface area (Å²) >= 11 is 1.58. The maximum atomic E-state index is 13.4. The van der Waals surface area contributed by atoms with Crippen LogP contribution in [-0.2, 0) is 0 Å². The van der Waals surface area contributed by atoms with E-state index in [9.17, 15) is 4.79 Å². The lowest BCUT2D eigenvalue weighted by atomic mass is 10.1. The van der Waals surface area contributed by atoms with Crippen molar-refractivity contribution in [3.8, 4) is 5.75 Å². The lowest BCUT2D eigenvalue weighted by Gasteiger charge is -2.24. The van der Waals surface area contributed by atoms with E-state index in [1.807, 2.05) is 29.2 Å². The van der Waals surface area contributed by atoms with Crippen LogP contribution in [0.5, 0.6) is 5.75 Å². The number of anilines is 1. The number of hydrogen-bond acceptors (Lipinski definition) is 5. The van der Waals surface area contributed by atoms with Crippen LogP contribution in [0.2, 0.25) is 0 Å². The molecule has 3 aromatic rings. The molecule has 0 unspecified atom stereocenters. The molecule has 30 heavy (non-hydrogen) atoms. The first-order valence-corrected chi connectivity index (χ1v) is 10.8. The van der Waals surface area contributed by atoms with Crippen molar-refractivity contribution in [3.63, 3.8) is 0 Å². The second-order valence-electron chi connectivity index (χ2n) is 7.06. The molecule has 0 aliphatic carbocycles. The number of thiazole rings is 1. The highest BCUT2D eigenvalue weighted by molar-refractivity contribution is 7.22. The molecule has 0 atom stereocenters. The van der Waals surface area contributed by atoms with E-state index < -0.39 is 0 Å². The molecule has 1 aromatic heterocycles. The Labute approximate surface area is 189 Å². The zero-order chi connectivity index (χ0) is 21.0. The summed E-state index contributed by atoms with van der Waals surface area (Å²) in [5, 5.41) is 0.752. The molecule has 0 bridgehead atoms. The van der Waals surface area contributed by atoms with E-state index in [1.165, 1.54) is 11.1 Å². The third-order valence-corrected chi connectivity index (χ3v) is 6.46. The molecule has 7 heteroatoms. The second-order valence-corrected chi connectivity index (χ2v) is 8.07. The quantitative estimate of drug-likeness (QED) is 0.468. The van der Waals surface area contributed by atoms with Gasteiger partial charge in [-0.25, -0.2) is 4.98 Å². The van der Waals surface area contributed by atoms with Crippen molar-refractivity contribution in [2.75, 3.05) is 38.2 Å². The third-order valence-electron chi connectivity index (χ3n) is 5.42. The lowest BCUT2D eigenvalue weighted by Crippen LogP contribution is -2.38. The van der Waals surface area contributed by atoms with E-state index >= 15 is 0 Å². The Balaban J connectivity index is 0.00000320. The van der Waals surface area contributed by atoms with Crippen LogP contribution < -0.4 is 9.64 Å². The average molecular weight is 448 g/mol. The van der Waals surface area contributed by atoms with Gasteiger partial charge in [0.1, 0.15) is 5.75 Å². The van der Waals surface area contributed by atoms with Crippen LogP contribution in [0.3, 0.4) is 0 Å². The van der Waals surface area contributed by atoms with Gasteiger partial charge in [-0.1, -0.05) is 31.3 Å². The Morgan fingerprint density at radius 3 is 2.30 bits per heavy atom. The summed E-state index contributed by atoms with van der Waals surface area (Å²) in [4.78, 5) is 22.4. The van der Waals surface area contributed by atoms with Crippen molar-refractivity contribution >= 4 is 45.0 Å². The molecule has 0 radical (unpaired) electrons. The predicted molar refractivity (Wildman–Crippen MR) is 129 cm³/mol. The van der Waals surface area contributed by atoms with Crippen molar-refractivity contribution in [2.45, 2.75) is 27.7 Å². The number of likely N-dealkylation sites (N-methyl/N-ethyl adjacent to an activating group) is 1. The predicted octanol–water partition coefficient (Wildman–Crippen LogP) is 5.33. The first kappa shape index (κ1) is 24.1. The highest BCUT2D eigenvalue weighted by Gasteiger charge is 2.22. The van der Waals surface area contributed by atoms with Gasteiger partial charge in [-0.3, -0.25) is 9.69 Å². The number of aromatic nitrogens is 1. The molecule has 0 saturated carbocycles. The fourth-order valence-corrected chi connectivity index (χ4v) is 4.33. The van der Waals surface area contributed by atoms with Crippen LogP contribution in [0.4, 0.5) is 5.13 Å². The number of aryl methyl sites for hydroxylation is 2. The maximum Gasteiger partial charge on any atom is 0.260 e. The fourth-order valence-electron chi connectivity index (χ4n) is 3.28. The molecule has 3 rings (SSSR count). The molecule has 0 N–H and O–H groups in total. The molecular weight excluding hydrogens is 418 g/mol.